The van der Waals surface area contributed by atoms with E-state index in [4.69, 9.17) is 16.6 Å². The minimum Gasteiger partial charge on any atom is -0.312 e. The molecule has 2 aromatic carbocycles. The van der Waals surface area contributed by atoms with E-state index in [-0.39, 0.29) is 23.7 Å². The molecule has 1 atom stereocenters. The van der Waals surface area contributed by atoms with Gasteiger partial charge in [0.15, 0.2) is 11.2 Å². The number of hydrogen-bond acceptors (Lipinski definition) is 4. The van der Waals surface area contributed by atoms with Crippen LogP contribution in [0.1, 0.15) is 18.1 Å². The lowest BCUT2D eigenvalue weighted by Crippen LogP contribution is -2.40. The lowest BCUT2D eigenvalue weighted by molar-refractivity contribution is 0.458. The van der Waals surface area contributed by atoms with Gasteiger partial charge in [-0.1, -0.05) is 54.4 Å². The Morgan fingerprint density at radius 1 is 1.09 bits per heavy atom. The molecule has 32 heavy (non-hydrogen) atoms. The fourth-order valence-corrected chi connectivity index (χ4v) is 4.57. The van der Waals surface area contributed by atoms with Crippen LogP contribution in [0.4, 0.5) is 11.6 Å². The third-order valence-corrected chi connectivity index (χ3v) is 6.26. The van der Waals surface area contributed by atoms with E-state index in [1.807, 2.05) is 60.0 Å². The molecule has 2 aromatic heterocycles. The Morgan fingerprint density at radius 3 is 2.56 bits per heavy atom. The predicted octanol–water partition coefficient (Wildman–Crippen LogP) is 3.69. The SMILES string of the molecule is Cc1ccc(Cn2c(=O)c3c(nc4n3C[C@@H](C)CN4c3cccc(Cl)c3)n(C)c2=O)cc1. The maximum absolute atomic E-state index is 13.6. The van der Waals surface area contributed by atoms with E-state index < -0.39 is 0 Å². The van der Waals surface area contributed by atoms with E-state index in [0.29, 0.717) is 28.7 Å². The van der Waals surface area contributed by atoms with Crippen LogP contribution in [0.25, 0.3) is 11.2 Å². The second-order valence-electron chi connectivity index (χ2n) is 8.61. The van der Waals surface area contributed by atoms with Crippen molar-refractivity contribution in [1.29, 1.82) is 0 Å². The van der Waals surface area contributed by atoms with E-state index in [1.165, 1.54) is 9.13 Å². The van der Waals surface area contributed by atoms with Crippen molar-refractivity contribution in [2.75, 3.05) is 11.4 Å². The molecule has 0 unspecified atom stereocenters. The highest BCUT2D eigenvalue weighted by atomic mass is 35.5. The highest BCUT2D eigenvalue weighted by Crippen LogP contribution is 2.33. The second-order valence-corrected chi connectivity index (χ2v) is 9.05. The summed E-state index contributed by atoms with van der Waals surface area (Å²) in [5, 5.41) is 0.635. The molecule has 0 fully saturated rings. The molecule has 1 aliphatic rings. The van der Waals surface area contributed by atoms with Gasteiger partial charge in [0.1, 0.15) is 0 Å². The summed E-state index contributed by atoms with van der Waals surface area (Å²) < 4.78 is 4.71. The zero-order valence-electron chi connectivity index (χ0n) is 18.2. The molecule has 1 aliphatic heterocycles. The lowest BCUT2D eigenvalue weighted by Gasteiger charge is -2.33. The summed E-state index contributed by atoms with van der Waals surface area (Å²) in [6.07, 6.45) is 0. The molecule has 8 heteroatoms. The van der Waals surface area contributed by atoms with Crippen LogP contribution >= 0.6 is 11.6 Å². The predicted molar refractivity (Wildman–Crippen MR) is 127 cm³/mol. The van der Waals surface area contributed by atoms with Crippen LogP contribution in [0, 0.1) is 12.8 Å². The van der Waals surface area contributed by atoms with E-state index in [9.17, 15) is 9.59 Å². The summed E-state index contributed by atoms with van der Waals surface area (Å²) >= 11 is 6.23. The van der Waals surface area contributed by atoms with E-state index in [1.54, 1.807) is 7.05 Å². The molecular weight excluding hydrogens is 426 g/mol. The molecule has 7 nitrogen and oxygen atoms in total. The van der Waals surface area contributed by atoms with Crippen LogP contribution in [0.2, 0.25) is 5.02 Å². The van der Waals surface area contributed by atoms with Crippen LogP contribution < -0.4 is 16.1 Å². The molecule has 0 radical (unpaired) electrons. The first-order valence-electron chi connectivity index (χ1n) is 10.6. The summed E-state index contributed by atoms with van der Waals surface area (Å²) in [4.78, 5) is 33.5. The molecule has 4 aromatic rings. The number of aryl methyl sites for hydroxylation is 2. The van der Waals surface area contributed by atoms with Crippen molar-refractivity contribution in [2.45, 2.75) is 26.9 Å². The van der Waals surface area contributed by atoms with Crippen molar-refractivity contribution in [1.82, 2.24) is 18.7 Å². The largest absolute Gasteiger partial charge is 0.332 e. The number of nitrogens with zero attached hydrogens (tertiary/aromatic N) is 5. The molecule has 0 saturated heterocycles. The smallest absolute Gasteiger partial charge is 0.312 e. The van der Waals surface area contributed by atoms with Gasteiger partial charge < -0.3 is 9.47 Å². The van der Waals surface area contributed by atoms with Gasteiger partial charge in [0.2, 0.25) is 5.95 Å². The minimum atomic E-state index is -0.374. The van der Waals surface area contributed by atoms with Crippen LogP contribution in [0.5, 0.6) is 0 Å². The van der Waals surface area contributed by atoms with Crippen molar-refractivity contribution >= 4 is 34.4 Å². The van der Waals surface area contributed by atoms with E-state index in [2.05, 4.69) is 11.8 Å². The second kappa shape index (κ2) is 7.67. The van der Waals surface area contributed by atoms with Gasteiger partial charge >= 0.3 is 5.69 Å². The zero-order chi connectivity index (χ0) is 22.6. The number of benzene rings is 2. The van der Waals surface area contributed by atoms with Crippen LogP contribution in [-0.4, -0.2) is 25.2 Å². The molecule has 0 spiro atoms. The maximum atomic E-state index is 13.6. The monoisotopic (exact) mass is 449 g/mol. The first-order valence-corrected chi connectivity index (χ1v) is 11.0. The third kappa shape index (κ3) is 3.33. The number of halogens is 1. The first-order chi connectivity index (χ1) is 15.3. The summed E-state index contributed by atoms with van der Waals surface area (Å²) in [6.45, 7) is 5.76. The summed E-state index contributed by atoms with van der Waals surface area (Å²) in [6, 6.07) is 15.4. The number of anilines is 2. The number of rotatable bonds is 3. The number of imidazole rings is 1. The van der Waals surface area contributed by atoms with Crippen LogP contribution in [-0.2, 0) is 20.1 Å². The quantitative estimate of drug-likeness (QED) is 0.478. The van der Waals surface area contributed by atoms with Gasteiger partial charge in [0, 0.05) is 30.8 Å². The maximum Gasteiger partial charge on any atom is 0.332 e. The normalized spacial score (nSPS) is 15.9. The van der Waals surface area contributed by atoms with E-state index >= 15 is 0 Å². The Hall–Kier alpha value is -3.32. The minimum absolute atomic E-state index is 0.218. The Kier molecular flexibility index (Phi) is 4.93. The summed E-state index contributed by atoms with van der Waals surface area (Å²) in [5.41, 5.74) is 3.10. The molecule has 3 heterocycles. The van der Waals surface area contributed by atoms with Gasteiger partial charge in [-0.05, 0) is 36.6 Å². The Balaban J connectivity index is 1.72. The number of aromatic nitrogens is 4. The highest BCUT2D eigenvalue weighted by molar-refractivity contribution is 6.30. The fraction of sp³-hybridized carbons (Fsp3) is 0.292. The fourth-order valence-electron chi connectivity index (χ4n) is 4.38. The van der Waals surface area contributed by atoms with Crippen molar-refractivity contribution in [3.63, 3.8) is 0 Å². The zero-order valence-corrected chi connectivity index (χ0v) is 19.0. The standard InChI is InChI=1S/C24H24ClN5O2/c1-15-7-9-17(10-8-15)14-30-22(31)20-21(27(3)24(30)32)26-23-28(12-16(2)13-29(20)23)19-6-4-5-18(25)11-19/h4-11,16H,12-14H2,1-3H3/t16-/m0/s1. The van der Waals surface area contributed by atoms with Crippen LogP contribution in [0.15, 0.2) is 58.1 Å². The molecule has 0 bridgehead atoms. The topological polar surface area (TPSA) is 65.1 Å². The average Bonchev–Trinajstić information content (AvgIpc) is 3.15. The average molecular weight is 450 g/mol. The molecule has 164 valence electrons. The Bertz CT molecular complexity index is 1450. The highest BCUT2D eigenvalue weighted by Gasteiger charge is 2.30. The van der Waals surface area contributed by atoms with Crippen molar-refractivity contribution in [2.24, 2.45) is 13.0 Å². The first kappa shape index (κ1) is 20.6. The van der Waals surface area contributed by atoms with E-state index in [0.717, 1.165) is 23.4 Å². The number of fused-ring (bicyclic) bond motifs is 3. The van der Waals surface area contributed by atoms with Gasteiger partial charge in [-0.2, -0.15) is 4.98 Å². The van der Waals surface area contributed by atoms with Crippen molar-refractivity contribution < 1.29 is 0 Å². The summed E-state index contributed by atoms with van der Waals surface area (Å²) in [5.74, 6) is 0.932. The van der Waals surface area contributed by atoms with Crippen molar-refractivity contribution in [3.8, 4) is 0 Å². The van der Waals surface area contributed by atoms with Gasteiger partial charge in [-0.3, -0.25) is 13.9 Å². The molecule has 5 rings (SSSR count). The lowest BCUT2D eigenvalue weighted by atomic mass is 10.1. The number of hydrogen-bond donors (Lipinski definition) is 0. The van der Waals surface area contributed by atoms with Gasteiger partial charge in [0.05, 0.1) is 6.54 Å². The van der Waals surface area contributed by atoms with Gasteiger partial charge in [0.25, 0.3) is 5.56 Å². The molecule has 0 aliphatic carbocycles. The Morgan fingerprint density at radius 2 is 1.84 bits per heavy atom. The molecule has 0 amide bonds. The van der Waals surface area contributed by atoms with Crippen molar-refractivity contribution in [3.05, 3.63) is 85.5 Å². The van der Waals surface area contributed by atoms with Gasteiger partial charge in [-0.15, -0.1) is 0 Å². The van der Waals surface area contributed by atoms with Gasteiger partial charge in [-0.25, -0.2) is 4.79 Å². The molecule has 0 saturated carbocycles. The Labute approximate surface area is 190 Å². The summed E-state index contributed by atoms with van der Waals surface area (Å²) in [7, 11) is 1.67. The molecular formula is C24H24ClN5O2. The molecule has 0 N–H and O–H groups in total. The van der Waals surface area contributed by atoms with Crippen LogP contribution in [0.3, 0.4) is 0 Å². The third-order valence-electron chi connectivity index (χ3n) is 6.02.